The molecule has 1 saturated carbocycles. The zero-order valence-electron chi connectivity index (χ0n) is 12.9. The molecule has 0 bridgehead atoms. The molecule has 1 aromatic carbocycles. The highest BCUT2D eigenvalue weighted by Crippen LogP contribution is 2.45. The third-order valence-corrected chi connectivity index (χ3v) is 4.62. The minimum atomic E-state index is 0.267. The molecule has 1 aliphatic rings. The first-order chi connectivity index (χ1) is 9.70. The molecule has 112 valence electrons. The van der Waals surface area contributed by atoms with E-state index in [0.717, 1.165) is 31.7 Å². The summed E-state index contributed by atoms with van der Waals surface area (Å²) >= 11 is 0. The summed E-state index contributed by atoms with van der Waals surface area (Å²) in [4.78, 5) is 0. The number of hydrogen-bond acceptors (Lipinski definition) is 3. The quantitative estimate of drug-likeness (QED) is 0.740. The van der Waals surface area contributed by atoms with Crippen LogP contribution in [0.3, 0.4) is 0 Å². The van der Waals surface area contributed by atoms with Crippen molar-refractivity contribution in [3.05, 3.63) is 30.3 Å². The second kappa shape index (κ2) is 7.09. The highest BCUT2D eigenvalue weighted by Gasteiger charge is 2.50. The van der Waals surface area contributed by atoms with E-state index < -0.39 is 0 Å². The molecule has 0 radical (unpaired) electrons. The lowest BCUT2D eigenvalue weighted by molar-refractivity contribution is -0.125. The van der Waals surface area contributed by atoms with Crippen molar-refractivity contribution < 1.29 is 9.47 Å². The normalized spacial score (nSPS) is 28.9. The minimum Gasteiger partial charge on any atom is -0.492 e. The lowest BCUT2D eigenvalue weighted by Gasteiger charge is -2.53. The van der Waals surface area contributed by atoms with Gasteiger partial charge in [0.05, 0.1) is 6.10 Å². The van der Waals surface area contributed by atoms with Crippen LogP contribution >= 0.6 is 0 Å². The van der Waals surface area contributed by atoms with Crippen LogP contribution in [0.1, 0.15) is 33.6 Å². The highest BCUT2D eigenvalue weighted by molar-refractivity contribution is 5.20. The van der Waals surface area contributed by atoms with Gasteiger partial charge in [-0.1, -0.05) is 32.0 Å². The third kappa shape index (κ3) is 3.33. The van der Waals surface area contributed by atoms with Gasteiger partial charge in [0.25, 0.3) is 0 Å². The Bertz CT molecular complexity index is 395. The largest absolute Gasteiger partial charge is 0.492 e. The lowest BCUT2D eigenvalue weighted by Crippen LogP contribution is -2.62. The Morgan fingerprint density at radius 1 is 1.25 bits per heavy atom. The molecular weight excluding hydrogens is 250 g/mol. The molecule has 0 heterocycles. The Labute approximate surface area is 122 Å². The Hall–Kier alpha value is -1.06. The van der Waals surface area contributed by atoms with Gasteiger partial charge in [-0.3, -0.25) is 0 Å². The topological polar surface area (TPSA) is 30.5 Å². The van der Waals surface area contributed by atoms with Gasteiger partial charge in [-0.25, -0.2) is 0 Å². The predicted octanol–water partition coefficient (Wildman–Crippen LogP) is 3.25. The Morgan fingerprint density at radius 3 is 2.65 bits per heavy atom. The summed E-state index contributed by atoms with van der Waals surface area (Å²) in [6, 6.07) is 10.5. The fourth-order valence-corrected chi connectivity index (χ4v) is 2.99. The van der Waals surface area contributed by atoms with E-state index in [-0.39, 0.29) is 5.41 Å². The van der Waals surface area contributed by atoms with E-state index in [9.17, 15) is 0 Å². The van der Waals surface area contributed by atoms with Gasteiger partial charge in [-0.2, -0.15) is 0 Å². The molecule has 3 atom stereocenters. The molecule has 0 amide bonds. The fourth-order valence-electron chi connectivity index (χ4n) is 2.99. The Kier molecular flexibility index (Phi) is 5.44. The molecule has 3 unspecified atom stereocenters. The van der Waals surface area contributed by atoms with Gasteiger partial charge in [0.15, 0.2) is 0 Å². The summed E-state index contributed by atoms with van der Waals surface area (Å²) in [5.41, 5.74) is 0.267. The summed E-state index contributed by atoms with van der Waals surface area (Å²) in [6.07, 6.45) is 2.67. The van der Waals surface area contributed by atoms with Gasteiger partial charge < -0.3 is 14.8 Å². The molecule has 1 N–H and O–H groups in total. The van der Waals surface area contributed by atoms with Crippen molar-refractivity contribution in [2.45, 2.75) is 45.8 Å². The molecule has 3 heteroatoms. The number of ether oxygens (including phenoxy) is 2. The van der Waals surface area contributed by atoms with E-state index in [2.05, 4.69) is 26.1 Å². The van der Waals surface area contributed by atoms with Crippen molar-refractivity contribution in [1.29, 1.82) is 0 Å². The third-order valence-electron chi connectivity index (χ3n) is 4.62. The first kappa shape index (κ1) is 15.3. The second-order valence-electron chi connectivity index (χ2n) is 5.71. The van der Waals surface area contributed by atoms with Crippen LogP contribution < -0.4 is 10.1 Å². The maximum atomic E-state index is 5.82. The molecule has 1 aromatic rings. The summed E-state index contributed by atoms with van der Waals surface area (Å²) in [5, 5.41) is 3.61. The van der Waals surface area contributed by atoms with Gasteiger partial charge in [-0.15, -0.1) is 0 Å². The van der Waals surface area contributed by atoms with Crippen molar-refractivity contribution >= 4 is 0 Å². The van der Waals surface area contributed by atoms with Crippen LogP contribution in [0.2, 0.25) is 0 Å². The van der Waals surface area contributed by atoms with E-state index in [1.165, 1.54) is 0 Å². The minimum absolute atomic E-state index is 0.267. The molecule has 2 rings (SSSR count). The highest BCUT2D eigenvalue weighted by atomic mass is 16.5. The fraction of sp³-hybridized carbons (Fsp3) is 0.647. The second-order valence-corrected chi connectivity index (χ2v) is 5.71. The molecule has 1 aliphatic carbocycles. The van der Waals surface area contributed by atoms with Crippen molar-refractivity contribution in [2.24, 2.45) is 5.41 Å². The Balaban J connectivity index is 1.70. The van der Waals surface area contributed by atoms with Crippen LogP contribution in [0.25, 0.3) is 0 Å². The molecule has 3 nitrogen and oxygen atoms in total. The zero-order valence-corrected chi connectivity index (χ0v) is 12.9. The van der Waals surface area contributed by atoms with E-state index in [1.54, 1.807) is 0 Å². The predicted molar refractivity (Wildman–Crippen MR) is 82.2 cm³/mol. The van der Waals surface area contributed by atoms with Gasteiger partial charge in [0.2, 0.25) is 0 Å². The van der Waals surface area contributed by atoms with Crippen LogP contribution in [0.15, 0.2) is 30.3 Å². The number of hydrogen-bond donors (Lipinski definition) is 1. The van der Waals surface area contributed by atoms with Crippen LogP contribution in [-0.4, -0.2) is 31.9 Å². The van der Waals surface area contributed by atoms with E-state index >= 15 is 0 Å². The van der Waals surface area contributed by atoms with Crippen molar-refractivity contribution in [3.8, 4) is 5.75 Å². The summed E-state index contributed by atoms with van der Waals surface area (Å²) < 4.78 is 11.5. The van der Waals surface area contributed by atoms with E-state index in [4.69, 9.17) is 9.47 Å². The average molecular weight is 277 g/mol. The van der Waals surface area contributed by atoms with Crippen LogP contribution in [0.4, 0.5) is 0 Å². The molecule has 0 aromatic heterocycles. The maximum absolute atomic E-state index is 5.82. The molecule has 20 heavy (non-hydrogen) atoms. The first-order valence-electron chi connectivity index (χ1n) is 7.73. The van der Waals surface area contributed by atoms with Crippen molar-refractivity contribution in [2.75, 3.05) is 19.8 Å². The van der Waals surface area contributed by atoms with Crippen LogP contribution in [0.5, 0.6) is 5.75 Å². The lowest BCUT2D eigenvalue weighted by atomic mass is 9.61. The molecule has 0 saturated heterocycles. The van der Waals surface area contributed by atoms with Crippen molar-refractivity contribution in [3.63, 3.8) is 0 Å². The summed E-state index contributed by atoms with van der Waals surface area (Å²) in [7, 11) is 0. The maximum Gasteiger partial charge on any atom is 0.119 e. The molecular formula is C17H27NO2. The molecule has 0 aliphatic heterocycles. The van der Waals surface area contributed by atoms with Gasteiger partial charge >= 0.3 is 0 Å². The molecule has 0 spiro atoms. The smallest absolute Gasteiger partial charge is 0.119 e. The number of nitrogens with one attached hydrogen (secondary N) is 1. The van der Waals surface area contributed by atoms with Gasteiger partial charge in [-0.05, 0) is 31.9 Å². The van der Waals surface area contributed by atoms with Crippen LogP contribution in [-0.2, 0) is 4.74 Å². The van der Waals surface area contributed by atoms with Gasteiger partial charge in [0.1, 0.15) is 12.4 Å². The first-order valence-corrected chi connectivity index (χ1v) is 7.73. The number of rotatable bonds is 8. The number of benzene rings is 1. The standard InChI is InChI=1S/C17H27NO2/c1-4-17(3)15(13-16(17)19-5-2)18-11-12-20-14-9-7-6-8-10-14/h6-10,15-16,18H,4-5,11-13H2,1-3H3. The van der Waals surface area contributed by atoms with E-state index in [1.807, 2.05) is 30.3 Å². The average Bonchev–Trinajstić information content (AvgIpc) is 2.49. The Morgan fingerprint density at radius 2 is 2.00 bits per heavy atom. The van der Waals surface area contributed by atoms with Gasteiger partial charge in [0, 0.05) is 24.6 Å². The number of para-hydroxylation sites is 1. The van der Waals surface area contributed by atoms with Crippen molar-refractivity contribution in [1.82, 2.24) is 5.32 Å². The van der Waals surface area contributed by atoms with E-state index in [0.29, 0.717) is 18.8 Å². The zero-order chi connectivity index (χ0) is 14.4. The molecule has 1 fully saturated rings. The SMILES string of the molecule is CCOC1CC(NCCOc2ccccc2)C1(C)CC. The monoisotopic (exact) mass is 277 g/mol. The summed E-state index contributed by atoms with van der Waals surface area (Å²) in [6.45, 7) is 9.05. The van der Waals surface area contributed by atoms with Crippen LogP contribution in [0, 0.1) is 5.41 Å². The summed E-state index contributed by atoms with van der Waals surface area (Å²) in [5.74, 6) is 0.938.